The molecule has 2 N–H and O–H groups in total. The molecule has 1 amide bonds. The predicted octanol–water partition coefficient (Wildman–Crippen LogP) is -0.522. The number of aliphatic hydroxyl groups excluding tert-OH is 1. The Balaban J connectivity index is 1.58. The molecule has 3 atom stereocenters. The molecular formula is C12H14N6O4. The summed E-state index contributed by atoms with van der Waals surface area (Å²) in [5.74, 6) is -0.327. The standard InChI is InChI=1S/C12H14N6O4/c19-10-4-9(12(10)17-3-1-2-13-17)15-11(20)7-16-6-8(5-14-16)18(21)22/h1-3,5-6,9-10,12,19H,4,7H2,(H,15,20). The number of aliphatic hydroxyl groups is 1. The number of nitro groups is 1. The molecule has 0 spiro atoms. The summed E-state index contributed by atoms with van der Waals surface area (Å²) in [4.78, 5) is 21.9. The number of amides is 1. The second kappa shape index (κ2) is 5.56. The van der Waals surface area contributed by atoms with Crippen LogP contribution < -0.4 is 5.32 Å². The third-order valence-corrected chi connectivity index (χ3v) is 3.61. The maximum absolute atomic E-state index is 12.0. The molecular weight excluding hydrogens is 292 g/mol. The van der Waals surface area contributed by atoms with E-state index >= 15 is 0 Å². The molecule has 0 bridgehead atoms. The van der Waals surface area contributed by atoms with Gasteiger partial charge in [-0.25, -0.2) is 0 Å². The lowest BCUT2D eigenvalue weighted by molar-refractivity contribution is -0.385. The zero-order valence-electron chi connectivity index (χ0n) is 11.4. The predicted molar refractivity (Wildman–Crippen MR) is 72.7 cm³/mol. The minimum Gasteiger partial charge on any atom is -0.391 e. The van der Waals surface area contributed by atoms with Crippen molar-refractivity contribution in [1.29, 1.82) is 0 Å². The van der Waals surface area contributed by atoms with E-state index in [1.54, 1.807) is 23.1 Å². The molecule has 0 saturated heterocycles. The number of hydrogen-bond donors (Lipinski definition) is 2. The lowest BCUT2D eigenvalue weighted by Crippen LogP contribution is -2.56. The molecule has 22 heavy (non-hydrogen) atoms. The van der Waals surface area contributed by atoms with Gasteiger partial charge < -0.3 is 10.4 Å². The van der Waals surface area contributed by atoms with E-state index in [0.717, 1.165) is 6.20 Å². The van der Waals surface area contributed by atoms with Crippen LogP contribution in [0.15, 0.2) is 30.9 Å². The Bertz CT molecular complexity index is 682. The summed E-state index contributed by atoms with van der Waals surface area (Å²) >= 11 is 0. The lowest BCUT2D eigenvalue weighted by Gasteiger charge is -2.41. The summed E-state index contributed by atoms with van der Waals surface area (Å²) in [7, 11) is 0. The number of nitrogens with one attached hydrogen (secondary N) is 1. The number of hydrogen-bond acceptors (Lipinski definition) is 6. The van der Waals surface area contributed by atoms with Crippen molar-refractivity contribution >= 4 is 11.6 Å². The Hall–Kier alpha value is -2.75. The van der Waals surface area contributed by atoms with Crippen molar-refractivity contribution in [3.05, 3.63) is 41.0 Å². The minimum absolute atomic E-state index is 0.119. The first-order valence-corrected chi connectivity index (χ1v) is 6.68. The fourth-order valence-electron chi connectivity index (χ4n) is 2.51. The highest BCUT2D eigenvalue weighted by Crippen LogP contribution is 2.32. The van der Waals surface area contributed by atoms with E-state index < -0.39 is 11.0 Å². The van der Waals surface area contributed by atoms with Crippen LogP contribution in [-0.2, 0) is 11.3 Å². The molecule has 0 aromatic carbocycles. The third kappa shape index (κ3) is 2.68. The highest BCUT2D eigenvalue weighted by molar-refractivity contribution is 5.76. The monoisotopic (exact) mass is 306 g/mol. The van der Waals surface area contributed by atoms with Gasteiger partial charge in [-0.15, -0.1) is 0 Å². The van der Waals surface area contributed by atoms with Crippen LogP contribution in [0.25, 0.3) is 0 Å². The van der Waals surface area contributed by atoms with Crippen LogP contribution in [0.1, 0.15) is 12.5 Å². The smallest absolute Gasteiger partial charge is 0.307 e. The van der Waals surface area contributed by atoms with Gasteiger partial charge in [0.05, 0.1) is 23.1 Å². The minimum atomic E-state index is -0.572. The van der Waals surface area contributed by atoms with Crippen LogP contribution in [0.4, 0.5) is 5.69 Å². The Kier molecular flexibility index (Phi) is 3.59. The summed E-state index contributed by atoms with van der Waals surface area (Å²) in [6.07, 6.45) is 5.49. The highest BCUT2D eigenvalue weighted by atomic mass is 16.6. The molecule has 3 rings (SSSR count). The molecule has 1 aliphatic carbocycles. The van der Waals surface area contributed by atoms with Crippen LogP contribution in [0.3, 0.4) is 0 Å². The van der Waals surface area contributed by atoms with Gasteiger partial charge in [0.2, 0.25) is 5.91 Å². The van der Waals surface area contributed by atoms with Gasteiger partial charge in [0.1, 0.15) is 18.9 Å². The highest BCUT2D eigenvalue weighted by Gasteiger charge is 2.42. The maximum Gasteiger partial charge on any atom is 0.307 e. The van der Waals surface area contributed by atoms with Gasteiger partial charge in [0, 0.05) is 12.4 Å². The molecule has 2 aromatic heterocycles. The Labute approximate surface area is 124 Å². The van der Waals surface area contributed by atoms with Crippen molar-refractivity contribution in [3.8, 4) is 0 Å². The third-order valence-electron chi connectivity index (χ3n) is 3.61. The first-order valence-electron chi connectivity index (χ1n) is 6.68. The van der Waals surface area contributed by atoms with Gasteiger partial charge in [-0.05, 0) is 12.5 Å². The molecule has 1 aliphatic rings. The van der Waals surface area contributed by atoms with Crippen molar-refractivity contribution in [3.63, 3.8) is 0 Å². The van der Waals surface area contributed by atoms with E-state index in [2.05, 4.69) is 15.5 Å². The van der Waals surface area contributed by atoms with Crippen LogP contribution >= 0.6 is 0 Å². The zero-order valence-corrected chi connectivity index (χ0v) is 11.4. The fourth-order valence-corrected chi connectivity index (χ4v) is 2.51. The van der Waals surface area contributed by atoms with E-state index in [4.69, 9.17) is 0 Å². The van der Waals surface area contributed by atoms with Crippen molar-refractivity contribution in [1.82, 2.24) is 24.9 Å². The van der Waals surface area contributed by atoms with Crippen LogP contribution in [0.2, 0.25) is 0 Å². The van der Waals surface area contributed by atoms with Gasteiger partial charge in [0.25, 0.3) is 0 Å². The molecule has 2 heterocycles. The van der Waals surface area contributed by atoms with Gasteiger partial charge >= 0.3 is 5.69 Å². The zero-order chi connectivity index (χ0) is 15.7. The van der Waals surface area contributed by atoms with Crippen LogP contribution in [-0.4, -0.2) is 47.6 Å². The number of rotatable bonds is 5. The van der Waals surface area contributed by atoms with Gasteiger partial charge in [0.15, 0.2) is 0 Å². The molecule has 10 heteroatoms. The van der Waals surface area contributed by atoms with Crippen molar-refractivity contribution in [2.24, 2.45) is 0 Å². The van der Waals surface area contributed by atoms with Gasteiger partial charge in [-0.1, -0.05) is 0 Å². The van der Waals surface area contributed by atoms with Crippen molar-refractivity contribution < 1.29 is 14.8 Å². The summed E-state index contributed by atoms with van der Waals surface area (Å²) < 4.78 is 2.81. The quantitative estimate of drug-likeness (QED) is 0.565. The average molecular weight is 306 g/mol. The Morgan fingerprint density at radius 3 is 2.95 bits per heavy atom. The molecule has 10 nitrogen and oxygen atoms in total. The molecule has 1 saturated carbocycles. The van der Waals surface area contributed by atoms with E-state index in [1.165, 1.54) is 10.9 Å². The first-order chi connectivity index (χ1) is 10.5. The molecule has 1 fully saturated rings. The second-order valence-electron chi connectivity index (χ2n) is 5.11. The Morgan fingerprint density at radius 2 is 2.36 bits per heavy atom. The van der Waals surface area contributed by atoms with Crippen LogP contribution in [0, 0.1) is 10.1 Å². The van der Waals surface area contributed by atoms with Crippen molar-refractivity contribution in [2.75, 3.05) is 0 Å². The lowest BCUT2D eigenvalue weighted by atomic mass is 9.83. The normalized spacial score (nSPS) is 23.8. The van der Waals surface area contributed by atoms with Gasteiger partial charge in [-0.3, -0.25) is 24.3 Å². The van der Waals surface area contributed by atoms with E-state index in [9.17, 15) is 20.0 Å². The molecule has 0 radical (unpaired) electrons. The van der Waals surface area contributed by atoms with Crippen molar-refractivity contribution in [2.45, 2.75) is 31.2 Å². The second-order valence-corrected chi connectivity index (χ2v) is 5.11. The van der Waals surface area contributed by atoms with E-state index in [0.29, 0.717) is 6.42 Å². The molecule has 0 aliphatic heterocycles. The molecule has 3 unspecified atom stereocenters. The van der Waals surface area contributed by atoms with Gasteiger partial charge in [-0.2, -0.15) is 10.2 Å². The molecule has 2 aromatic rings. The largest absolute Gasteiger partial charge is 0.391 e. The number of aromatic nitrogens is 4. The summed E-state index contributed by atoms with van der Waals surface area (Å²) in [5.41, 5.74) is -0.165. The topological polar surface area (TPSA) is 128 Å². The summed E-state index contributed by atoms with van der Waals surface area (Å²) in [6, 6.07) is 1.21. The number of carbonyl (C=O) groups is 1. The Morgan fingerprint density at radius 1 is 1.55 bits per heavy atom. The average Bonchev–Trinajstić information content (AvgIpc) is 3.09. The fraction of sp³-hybridized carbons (Fsp3) is 0.417. The van der Waals surface area contributed by atoms with E-state index in [1.807, 2.05) is 0 Å². The summed E-state index contributed by atoms with van der Waals surface area (Å²) in [5, 5.41) is 31.0. The van der Waals surface area contributed by atoms with Crippen LogP contribution in [0.5, 0.6) is 0 Å². The maximum atomic E-state index is 12.0. The van der Waals surface area contributed by atoms with E-state index in [-0.39, 0.29) is 30.2 Å². The first kappa shape index (κ1) is 14.2. The number of nitrogens with zero attached hydrogens (tertiary/aromatic N) is 5. The molecule has 116 valence electrons. The SMILES string of the molecule is O=C(Cn1cc([N+](=O)[O-])cn1)NC1CC(O)C1n1cccn1. The summed E-state index contributed by atoms with van der Waals surface area (Å²) in [6.45, 7) is -0.119. The number of carbonyl (C=O) groups excluding carboxylic acids is 1.